The van der Waals surface area contributed by atoms with Gasteiger partial charge in [-0.25, -0.2) is 0 Å². The van der Waals surface area contributed by atoms with Crippen molar-refractivity contribution in [2.75, 3.05) is 7.11 Å². The molecule has 2 heteroatoms. The number of methoxy groups -OCH3 is 1. The Morgan fingerprint density at radius 1 is 0.944 bits per heavy atom. The van der Waals surface area contributed by atoms with Crippen molar-refractivity contribution in [1.82, 2.24) is 0 Å². The van der Waals surface area contributed by atoms with Gasteiger partial charge in [0.05, 0.1) is 7.11 Å². The lowest BCUT2D eigenvalue weighted by molar-refractivity contribution is 0.0994. The van der Waals surface area contributed by atoms with E-state index in [4.69, 9.17) is 4.74 Å². The molecule has 0 spiro atoms. The van der Waals surface area contributed by atoms with Gasteiger partial charge in [-0.05, 0) is 35.2 Å². The molecule has 2 aromatic carbocycles. The largest absolute Gasteiger partial charge is 0.497 e. The summed E-state index contributed by atoms with van der Waals surface area (Å²) in [7, 11) is 1.66. The molecular formula is C16H14O2. The third-order valence-electron chi connectivity index (χ3n) is 3.48. The molecule has 0 unspecified atom stereocenters. The molecule has 1 aliphatic carbocycles. The van der Waals surface area contributed by atoms with Crippen LogP contribution in [0.5, 0.6) is 5.75 Å². The van der Waals surface area contributed by atoms with Gasteiger partial charge in [0.25, 0.3) is 0 Å². The monoisotopic (exact) mass is 238 g/mol. The molecule has 0 N–H and O–H groups in total. The zero-order valence-corrected chi connectivity index (χ0v) is 10.3. The number of Topliss-reactive ketones (excluding diaryl/α,β-unsaturated/α-hetero) is 1. The van der Waals surface area contributed by atoms with Crippen molar-refractivity contribution in [2.45, 2.75) is 12.8 Å². The second kappa shape index (κ2) is 4.30. The van der Waals surface area contributed by atoms with Crippen molar-refractivity contribution in [3.63, 3.8) is 0 Å². The maximum Gasteiger partial charge on any atom is 0.163 e. The SMILES string of the molecule is COc1ccc(-c2cccc3c2CCC3=O)cc1. The van der Waals surface area contributed by atoms with E-state index in [2.05, 4.69) is 6.07 Å². The van der Waals surface area contributed by atoms with E-state index < -0.39 is 0 Å². The molecule has 0 atom stereocenters. The maximum absolute atomic E-state index is 11.7. The van der Waals surface area contributed by atoms with Crippen molar-refractivity contribution < 1.29 is 9.53 Å². The van der Waals surface area contributed by atoms with Gasteiger partial charge in [0, 0.05) is 12.0 Å². The number of benzene rings is 2. The summed E-state index contributed by atoms with van der Waals surface area (Å²) in [4.78, 5) is 11.7. The number of rotatable bonds is 2. The highest BCUT2D eigenvalue weighted by Crippen LogP contribution is 2.32. The summed E-state index contributed by atoms with van der Waals surface area (Å²) in [6, 6.07) is 13.9. The lowest BCUT2D eigenvalue weighted by atomic mass is 9.97. The second-order valence-corrected chi connectivity index (χ2v) is 4.48. The highest BCUT2D eigenvalue weighted by Gasteiger charge is 2.22. The molecule has 90 valence electrons. The van der Waals surface area contributed by atoms with Gasteiger partial charge in [-0.2, -0.15) is 0 Å². The third-order valence-corrected chi connectivity index (χ3v) is 3.48. The van der Waals surface area contributed by atoms with Gasteiger partial charge < -0.3 is 4.74 Å². The van der Waals surface area contributed by atoms with Crippen LogP contribution in [0.15, 0.2) is 42.5 Å². The van der Waals surface area contributed by atoms with Gasteiger partial charge in [-0.15, -0.1) is 0 Å². The predicted molar refractivity (Wildman–Crippen MR) is 71.1 cm³/mol. The lowest BCUT2D eigenvalue weighted by Crippen LogP contribution is -1.92. The fourth-order valence-electron chi connectivity index (χ4n) is 2.53. The van der Waals surface area contributed by atoms with Crippen molar-refractivity contribution in [2.24, 2.45) is 0 Å². The molecule has 0 aliphatic heterocycles. The Kier molecular flexibility index (Phi) is 2.63. The average molecular weight is 238 g/mol. The van der Waals surface area contributed by atoms with Gasteiger partial charge in [0.1, 0.15) is 5.75 Å². The first-order chi connectivity index (χ1) is 8.79. The van der Waals surface area contributed by atoms with Crippen LogP contribution in [-0.2, 0) is 6.42 Å². The summed E-state index contributed by atoms with van der Waals surface area (Å²) in [5, 5.41) is 0. The lowest BCUT2D eigenvalue weighted by Gasteiger charge is -2.08. The molecule has 2 aromatic rings. The predicted octanol–water partition coefficient (Wildman–Crippen LogP) is 3.49. The summed E-state index contributed by atoms with van der Waals surface area (Å²) < 4.78 is 5.16. The Morgan fingerprint density at radius 2 is 1.67 bits per heavy atom. The minimum atomic E-state index is 0.264. The Morgan fingerprint density at radius 3 is 2.39 bits per heavy atom. The van der Waals surface area contributed by atoms with E-state index in [1.54, 1.807) is 7.11 Å². The van der Waals surface area contributed by atoms with Crippen molar-refractivity contribution in [3.05, 3.63) is 53.6 Å². The van der Waals surface area contributed by atoms with Gasteiger partial charge in [-0.3, -0.25) is 4.79 Å². The van der Waals surface area contributed by atoms with E-state index in [1.165, 1.54) is 11.1 Å². The van der Waals surface area contributed by atoms with E-state index in [9.17, 15) is 4.79 Å². The molecule has 3 rings (SSSR count). The standard InChI is InChI=1S/C16H14O2/c1-18-12-7-5-11(6-8-12)13-3-2-4-15-14(13)9-10-16(15)17/h2-8H,9-10H2,1H3. The van der Waals surface area contributed by atoms with Crippen molar-refractivity contribution >= 4 is 5.78 Å². The molecular weight excluding hydrogens is 224 g/mol. The number of carbonyl (C=O) groups is 1. The first-order valence-electron chi connectivity index (χ1n) is 6.09. The molecule has 2 nitrogen and oxygen atoms in total. The Balaban J connectivity index is 2.09. The summed E-state index contributed by atoms with van der Waals surface area (Å²) in [5.74, 6) is 1.11. The fraction of sp³-hybridized carbons (Fsp3) is 0.188. The van der Waals surface area contributed by atoms with Gasteiger partial charge in [0.15, 0.2) is 5.78 Å². The Labute approximate surface area is 106 Å². The molecule has 0 heterocycles. The Hall–Kier alpha value is -2.09. The van der Waals surface area contributed by atoms with Crippen LogP contribution in [0.3, 0.4) is 0 Å². The summed E-state index contributed by atoms with van der Waals surface area (Å²) >= 11 is 0. The van der Waals surface area contributed by atoms with Gasteiger partial charge in [0.2, 0.25) is 0 Å². The number of ether oxygens (including phenoxy) is 1. The molecule has 0 radical (unpaired) electrons. The summed E-state index contributed by atoms with van der Waals surface area (Å²) in [6.07, 6.45) is 1.50. The van der Waals surface area contributed by atoms with Gasteiger partial charge >= 0.3 is 0 Å². The number of hydrogen-bond donors (Lipinski definition) is 0. The first kappa shape index (κ1) is 11.0. The quantitative estimate of drug-likeness (QED) is 0.800. The van der Waals surface area contributed by atoms with E-state index in [0.717, 1.165) is 23.3 Å². The highest BCUT2D eigenvalue weighted by molar-refractivity contribution is 6.02. The highest BCUT2D eigenvalue weighted by atomic mass is 16.5. The number of carbonyl (C=O) groups excluding carboxylic acids is 1. The minimum absolute atomic E-state index is 0.264. The minimum Gasteiger partial charge on any atom is -0.497 e. The fourth-order valence-corrected chi connectivity index (χ4v) is 2.53. The molecule has 0 aromatic heterocycles. The topological polar surface area (TPSA) is 26.3 Å². The molecule has 0 bridgehead atoms. The normalized spacial score (nSPS) is 13.5. The third kappa shape index (κ3) is 1.70. The summed E-state index contributed by atoms with van der Waals surface area (Å²) in [6.45, 7) is 0. The number of fused-ring (bicyclic) bond motifs is 1. The van der Waals surface area contributed by atoms with Crippen molar-refractivity contribution in [3.8, 4) is 16.9 Å². The van der Waals surface area contributed by atoms with Crippen LogP contribution in [0.4, 0.5) is 0 Å². The number of hydrogen-bond acceptors (Lipinski definition) is 2. The second-order valence-electron chi connectivity index (χ2n) is 4.48. The van der Waals surface area contributed by atoms with Crippen LogP contribution >= 0.6 is 0 Å². The van der Waals surface area contributed by atoms with Crippen LogP contribution < -0.4 is 4.74 Å². The smallest absolute Gasteiger partial charge is 0.163 e. The van der Waals surface area contributed by atoms with E-state index in [1.807, 2.05) is 36.4 Å². The van der Waals surface area contributed by atoms with E-state index in [0.29, 0.717) is 6.42 Å². The van der Waals surface area contributed by atoms with Crippen LogP contribution in [0.1, 0.15) is 22.3 Å². The Bertz CT molecular complexity index is 597. The molecule has 18 heavy (non-hydrogen) atoms. The molecule has 0 amide bonds. The number of ketones is 1. The van der Waals surface area contributed by atoms with E-state index >= 15 is 0 Å². The van der Waals surface area contributed by atoms with Crippen molar-refractivity contribution in [1.29, 1.82) is 0 Å². The van der Waals surface area contributed by atoms with Crippen LogP contribution in [-0.4, -0.2) is 12.9 Å². The summed E-state index contributed by atoms with van der Waals surface area (Å²) in [5.41, 5.74) is 4.39. The van der Waals surface area contributed by atoms with Gasteiger partial charge in [-0.1, -0.05) is 30.3 Å². The van der Waals surface area contributed by atoms with Crippen LogP contribution in [0.2, 0.25) is 0 Å². The molecule has 0 fully saturated rings. The van der Waals surface area contributed by atoms with Crippen LogP contribution in [0.25, 0.3) is 11.1 Å². The first-order valence-corrected chi connectivity index (χ1v) is 6.09. The molecule has 0 saturated heterocycles. The average Bonchev–Trinajstić information content (AvgIpc) is 2.81. The molecule has 0 saturated carbocycles. The zero-order chi connectivity index (χ0) is 12.5. The zero-order valence-electron chi connectivity index (χ0n) is 10.3. The maximum atomic E-state index is 11.7. The van der Waals surface area contributed by atoms with E-state index in [-0.39, 0.29) is 5.78 Å². The van der Waals surface area contributed by atoms with Crippen LogP contribution in [0, 0.1) is 0 Å². The molecule has 1 aliphatic rings.